The second-order valence-electron chi connectivity index (χ2n) is 5.55. The Kier molecular flexibility index (Phi) is 4.34. The molecule has 0 saturated carbocycles. The Morgan fingerprint density at radius 3 is 2.60 bits per heavy atom. The maximum atomic E-state index is 13.3. The summed E-state index contributed by atoms with van der Waals surface area (Å²) >= 11 is 0. The molecule has 0 N–H and O–H groups in total. The Labute approximate surface area is 143 Å². The molecule has 0 spiro atoms. The van der Waals surface area contributed by atoms with Crippen molar-refractivity contribution < 1.29 is 21.4 Å². The van der Waals surface area contributed by atoms with Gasteiger partial charge in [-0.1, -0.05) is 13.0 Å². The van der Waals surface area contributed by atoms with Crippen LogP contribution in [0.3, 0.4) is 0 Å². The van der Waals surface area contributed by atoms with Crippen LogP contribution < -0.4 is 9.81 Å². The van der Waals surface area contributed by atoms with Crippen molar-refractivity contribution in [3.05, 3.63) is 69.8 Å². The molecular weight excluding hydrogens is 347 g/mol. The van der Waals surface area contributed by atoms with Crippen LogP contribution in [-0.4, -0.2) is 8.42 Å². The molecule has 0 amide bonds. The molecule has 0 atom stereocenters. The molecule has 3 aromatic rings. The van der Waals surface area contributed by atoms with Crippen molar-refractivity contribution in [2.75, 3.05) is 0 Å². The third-order valence-corrected chi connectivity index (χ3v) is 5.03. The lowest BCUT2D eigenvalue weighted by molar-refractivity contribution is 0.481. The quantitative estimate of drug-likeness (QED) is 0.524. The summed E-state index contributed by atoms with van der Waals surface area (Å²) in [6.45, 7) is 3.61. The summed E-state index contributed by atoms with van der Waals surface area (Å²) in [6, 6.07) is 9.02. The summed E-state index contributed by atoms with van der Waals surface area (Å²) in [7, 11) is -4.22. The smallest absolute Gasteiger partial charge is 0.339 e. The van der Waals surface area contributed by atoms with E-state index < -0.39 is 21.6 Å². The monoisotopic (exact) mass is 362 g/mol. The van der Waals surface area contributed by atoms with Crippen molar-refractivity contribution in [3.63, 3.8) is 0 Å². The molecule has 0 saturated heterocycles. The van der Waals surface area contributed by atoms with Crippen LogP contribution in [0, 0.1) is 12.7 Å². The molecule has 7 heteroatoms. The summed E-state index contributed by atoms with van der Waals surface area (Å²) < 4.78 is 48.5. The molecule has 25 heavy (non-hydrogen) atoms. The highest BCUT2D eigenvalue weighted by molar-refractivity contribution is 7.87. The van der Waals surface area contributed by atoms with Gasteiger partial charge in [0.1, 0.15) is 22.0 Å². The molecule has 0 aliphatic rings. The number of benzene rings is 2. The molecule has 1 heterocycles. The van der Waals surface area contributed by atoms with Crippen molar-refractivity contribution in [3.8, 4) is 5.75 Å². The van der Waals surface area contributed by atoms with E-state index in [2.05, 4.69) is 0 Å². The van der Waals surface area contributed by atoms with E-state index in [4.69, 9.17) is 8.60 Å². The van der Waals surface area contributed by atoms with Crippen LogP contribution in [0.2, 0.25) is 0 Å². The molecule has 3 rings (SSSR count). The standard InChI is InChI=1S/C18H15FO5S/c1-3-12-8-15-11(2)7-18(20)23-17(15)10-16(12)24-25(21,22)14-6-4-5-13(19)9-14/h4-10H,3H2,1-2H3. The van der Waals surface area contributed by atoms with Gasteiger partial charge in [-0.25, -0.2) is 9.18 Å². The van der Waals surface area contributed by atoms with Gasteiger partial charge in [-0.05, 0) is 48.7 Å². The van der Waals surface area contributed by atoms with E-state index >= 15 is 0 Å². The zero-order valence-corrected chi connectivity index (χ0v) is 14.4. The van der Waals surface area contributed by atoms with Crippen LogP contribution in [0.25, 0.3) is 11.0 Å². The summed E-state index contributed by atoms with van der Waals surface area (Å²) in [5.74, 6) is -0.631. The lowest BCUT2D eigenvalue weighted by atomic mass is 10.1. The normalized spacial score (nSPS) is 11.6. The predicted molar refractivity (Wildman–Crippen MR) is 90.8 cm³/mol. The van der Waals surface area contributed by atoms with E-state index in [1.54, 1.807) is 13.0 Å². The molecule has 0 bridgehead atoms. The first-order valence-electron chi connectivity index (χ1n) is 7.57. The number of aryl methyl sites for hydroxylation is 2. The fraction of sp³-hybridized carbons (Fsp3) is 0.167. The average molecular weight is 362 g/mol. The van der Waals surface area contributed by atoms with Crippen molar-refractivity contribution in [1.82, 2.24) is 0 Å². The van der Waals surface area contributed by atoms with Gasteiger partial charge in [0.25, 0.3) is 0 Å². The molecule has 0 aliphatic carbocycles. The SMILES string of the molecule is CCc1cc2c(C)cc(=O)oc2cc1OS(=O)(=O)c1cccc(F)c1. The van der Waals surface area contributed by atoms with E-state index in [1.165, 1.54) is 24.3 Å². The molecule has 0 fully saturated rings. The summed E-state index contributed by atoms with van der Waals surface area (Å²) in [6.07, 6.45) is 0.502. The Hall–Kier alpha value is -2.67. The first-order valence-corrected chi connectivity index (χ1v) is 8.98. The molecule has 5 nitrogen and oxygen atoms in total. The third-order valence-electron chi connectivity index (χ3n) is 3.80. The second-order valence-corrected chi connectivity index (χ2v) is 7.10. The first kappa shape index (κ1) is 17.2. The van der Waals surface area contributed by atoms with Crippen molar-refractivity contribution in [1.29, 1.82) is 0 Å². The number of fused-ring (bicyclic) bond motifs is 1. The van der Waals surface area contributed by atoms with Gasteiger partial charge < -0.3 is 8.60 Å². The topological polar surface area (TPSA) is 73.6 Å². The zero-order chi connectivity index (χ0) is 18.2. The van der Waals surface area contributed by atoms with Crippen LogP contribution in [0.5, 0.6) is 5.75 Å². The highest BCUT2D eigenvalue weighted by Crippen LogP contribution is 2.30. The number of hydrogen-bond donors (Lipinski definition) is 0. The van der Waals surface area contributed by atoms with Gasteiger partial charge in [-0.2, -0.15) is 8.42 Å². The highest BCUT2D eigenvalue weighted by Gasteiger charge is 2.20. The Balaban J connectivity index is 2.13. The third kappa shape index (κ3) is 3.41. The van der Waals surface area contributed by atoms with Gasteiger partial charge in [-0.15, -0.1) is 0 Å². The minimum atomic E-state index is -4.22. The average Bonchev–Trinajstić information content (AvgIpc) is 2.54. The van der Waals surface area contributed by atoms with Crippen LogP contribution in [0.15, 0.2) is 56.6 Å². The van der Waals surface area contributed by atoms with Gasteiger partial charge in [0.2, 0.25) is 0 Å². The van der Waals surface area contributed by atoms with Crippen molar-refractivity contribution in [2.24, 2.45) is 0 Å². The van der Waals surface area contributed by atoms with Crippen LogP contribution in [0.4, 0.5) is 4.39 Å². The fourth-order valence-electron chi connectivity index (χ4n) is 2.53. The molecular formula is C18H15FO5S. The van der Waals surface area contributed by atoms with Crippen molar-refractivity contribution >= 4 is 21.1 Å². The summed E-state index contributed by atoms with van der Waals surface area (Å²) in [5, 5.41) is 0.701. The van der Waals surface area contributed by atoms with Crippen molar-refractivity contribution in [2.45, 2.75) is 25.2 Å². The molecule has 2 aromatic carbocycles. The van der Waals surface area contributed by atoms with Gasteiger partial charge in [-0.3, -0.25) is 0 Å². The lowest BCUT2D eigenvalue weighted by Gasteiger charge is -2.12. The Morgan fingerprint density at radius 1 is 1.16 bits per heavy atom. The minimum Gasteiger partial charge on any atom is -0.423 e. The zero-order valence-electron chi connectivity index (χ0n) is 13.6. The number of halogens is 1. The molecule has 0 unspecified atom stereocenters. The van der Waals surface area contributed by atoms with E-state index in [0.29, 0.717) is 17.4 Å². The number of rotatable bonds is 4. The molecule has 1 aromatic heterocycles. The summed E-state index contributed by atoms with van der Waals surface area (Å²) in [4.78, 5) is 11.3. The van der Waals surface area contributed by atoms with Gasteiger partial charge in [0.05, 0.1) is 0 Å². The molecule has 130 valence electrons. The Bertz CT molecular complexity index is 1120. The lowest BCUT2D eigenvalue weighted by Crippen LogP contribution is -2.11. The van der Waals surface area contributed by atoms with Gasteiger partial charge >= 0.3 is 15.7 Å². The van der Waals surface area contributed by atoms with Crippen LogP contribution >= 0.6 is 0 Å². The maximum absolute atomic E-state index is 13.3. The Morgan fingerprint density at radius 2 is 1.92 bits per heavy atom. The fourth-order valence-corrected chi connectivity index (χ4v) is 3.52. The van der Waals surface area contributed by atoms with E-state index in [9.17, 15) is 17.6 Å². The minimum absolute atomic E-state index is 0.0491. The largest absolute Gasteiger partial charge is 0.423 e. The maximum Gasteiger partial charge on any atom is 0.339 e. The molecule has 0 radical (unpaired) electrons. The van der Waals surface area contributed by atoms with Crippen LogP contribution in [0.1, 0.15) is 18.1 Å². The number of hydrogen-bond acceptors (Lipinski definition) is 5. The van der Waals surface area contributed by atoms with Gasteiger partial charge in [0, 0.05) is 17.5 Å². The van der Waals surface area contributed by atoms with E-state index in [1.807, 2.05) is 6.92 Å². The first-order chi connectivity index (χ1) is 11.8. The second kappa shape index (κ2) is 6.33. The summed E-state index contributed by atoms with van der Waals surface area (Å²) in [5.41, 5.74) is 1.05. The van der Waals surface area contributed by atoms with E-state index in [-0.39, 0.29) is 16.2 Å². The highest BCUT2D eigenvalue weighted by atomic mass is 32.2. The predicted octanol–water partition coefficient (Wildman–Crippen LogP) is 3.57. The van der Waals surface area contributed by atoms with Gasteiger partial charge in [0.15, 0.2) is 0 Å². The van der Waals surface area contributed by atoms with E-state index in [0.717, 1.165) is 17.7 Å². The van der Waals surface area contributed by atoms with Crippen LogP contribution in [-0.2, 0) is 16.5 Å². The molecule has 0 aliphatic heterocycles.